The summed E-state index contributed by atoms with van der Waals surface area (Å²) < 4.78 is 35.9. The number of fused-ring (bicyclic) bond motifs is 1. The molecule has 5 atom stereocenters. The van der Waals surface area contributed by atoms with Gasteiger partial charge in [0.1, 0.15) is 12.1 Å². The minimum Gasteiger partial charge on any atom is -0.459 e. The summed E-state index contributed by atoms with van der Waals surface area (Å²) in [7, 11) is -3.69. The summed E-state index contributed by atoms with van der Waals surface area (Å²) >= 11 is 0. The van der Waals surface area contributed by atoms with E-state index in [2.05, 4.69) is 4.72 Å². The second-order valence-electron chi connectivity index (χ2n) is 14.5. The maximum atomic E-state index is 13.3. The number of para-hydroxylation sites is 2. The lowest BCUT2D eigenvalue weighted by atomic mass is 9.81. The Bertz CT molecular complexity index is 1610. The summed E-state index contributed by atoms with van der Waals surface area (Å²) in [5.41, 5.74) is 7.11. The quantitative estimate of drug-likeness (QED) is 0.227. The molecule has 0 spiro atoms. The predicted octanol–water partition coefficient (Wildman–Crippen LogP) is 4.30. The van der Waals surface area contributed by atoms with E-state index in [-0.39, 0.29) is 35.6 Å². The topological polar surface area (TPSA) is 154 Å². The average molecular weight is 656 g/mol. The average Bonchev–Trinajstić information content (AvgIpc) is 3.90. The van der Waals surface area contributed by atoms with Crippen LogP contribution in [0.5, 0.6) is 6.01 Å². The molecule has 5 rings (SSSR count). The number of primary amides is 1. The third-order valence-corrected chi connectivity index (χ3v) is 12.5. The van der Waals surface area contributed by atoms with E-state index >= 15 is 0 Å². The number of unbranched alkanes of at least 4 members (excludes halogenated alkanes) is 1. The molecule has 12 heteroatoms. The fourth-order valence-corrected chi connectivity index (χ4v) is 8.14. The van der Waals surface area contributed by atoms with Crippen LogP contribution in [0.15, 0.2) is 36.4 Å². The fraction of sp³-hybridized carbons (Fsp3) is 0.647. The van der Waals surface area contributed by atoms with Crippen molar-refractivity contribution in [3.63, 3.8) is 0 Å². The highest BCUT2D eigenvalue weighted by atomic mass is 32.2. The van der Waals surface area contributed by atoms with Crippen LogP contribution < -0.4 is 15.2 Å². The van der Waals surface area contributed by atoms with Crippen molar-refractivity contribution in [1.29, 1.82) is 0 Å². The number of imidazole rings is 1. The molecule has 1 aromatic carbocycles. The molecular weight excluding hydrogens is 606 g/mol. The summed E-state index contributed by atoms with van der Waals surface area (Å²) in [5, 5.41) is 0. The lowest BCUT2D eigenvalue weighted by molar-refractivity contribution is -0.143. The molecule has 2 heterocycles. The van der Waals surface area contributed by atoms with E-state index in [1.807, 2.05) is 75.6 Å². The smallest absolute Gasteiger partial charge is 0.297 e. The van der Waals surface area contributed by atoms with Gasteiger partial charge in [-0.05, 0) is 62.0 Å². The first-order valence-corrected chi connectivity index (χ1v) is 18.1. The number of ether oxygens (including phenoxy) is 1. The van der Waals surface area contributed by atoms with Crippen LogP contribution >= 0.6 is 0 Å². The second kappa shape index (κ2) is 13.0. The largest absolute Gasteiger partial charge is 0.459 e. The number of allylic oxidation sites excluding steroid dienone is 2. The predicted molar refractivity (Wildman–Crippen MR) is 176 cm³/mol. The minimum absolute atomic E-state index is 0.116. The highest BCUT2D eigenvalue weighted by Gasteiger charge is 2.55. The Morgan fingerprint density at radius 3 is 2.52 bits per heavy atom. The molecule has 3 N–H and O–H groups in total. The third kappa shape index (κ3) is 7.11. The zero-order valence-electron chi connectivity index (χ0n) is 27.7. The first kappa shape index (κ1) is 33.9. The number of hydrogen-bond acceptors (Lipinski definition) is 7. The summed E-state index contributed by atoms with van der Waals surface area (Å²) in [6.45, 7) is 10.6. The van der Waals surface area contributed by atoms with Gasteiger partial charge in [0.2, 0.25) is 27.7 Å². The molecule has 1 saturated heterocycles. The highest BCUT2D eigenvalue weighted by molar-refractivity contribution is 7.91. The van der Waals surface area contributed by atoms with Crippen molar-refractivity contribution in [1.82, 2.24) is 19.2 Å². The number of amides is 3. The summed E-state index contributed by atoms with van der Waals surface area (Å²) in [6.07, 6.45) is 8.62. The van der Waals surface area contributed by atoms with E-state index in [4.69, 9.17) is 15.5 Å². The van der Waals surface area contributed by atoms with E-state index in [1.54, 1.807) is 4.90 Å². The molecule has 2 aliphatic carbocycles. The van der Waals surface area contributed by atoms with Gasteiger partial charge in [-0.3, -0.25) is 23.7 Å². The minimum atomic E-state index is -3.69. The third-order valence-electron chi connectivity index (χ3n) is 10.3. The zero-order valence-corrected chi connectivity index (χ0v) is 28.5. The fourth-order valence-electron chi connectivity index (χ4n) is 6.45. The Morgan fingerprint density at radius 2 is 1.89 bits per heavy atom. The van der Waals surface area contributed by atoms with Crippen molar-refractivity contribution in [2.75, 3.05) is 6.54 Å². The van der Waals surface area contributed by atoms with E-state index in [1.165, 1.54) is 0 Å². The molecule has 3 aliphatic rings. The Balaban J connectivity index is 1.19. The molecule has 2 saturated carbocycles. The van der Waals surface area contributed by atoms with E-state index in [0.717, 1.165) is 23.9 Å². The Hall–Kier alpha value is -3.41. The van der Waals surface area contributed by atoms with Crippen LogP contribution in [0.25, 0.3) is 11.0 Å². The zero-order chi connectivity index (χ0) is 33.4. The molecule has 1 aromatic heterocycles. The molecule has 3 amide bonds. The van der Waals surface area contributed by atoms with Crippen molar-refractivity contribution < 1.29 is 27.5 Å². The number of likely N-dealkylation sites (tertiary alicyclic amines) is 1. The molecule has 252 valence electrons. The molecule has 3 fully saturated rings. The Morgan fingerprint density at radius 1 is 1.17 bits per heavy atom. The molecule has 1 aliphatic heterocycles. The number of benzene rings is 1. The molecule has 0 radical (unpaired) electrons. The maximum Gasteiger partial charge on any atom is 0.297 e. The van der Waals surface area contributed by atoms with Crippen LogP contribution in [0.4, 0.5) is 0 Å². The molecule has 0 bridgehead atoms. The molecular formula is C34H49N5O6S. The Labute approximate surface area is 272 Å². The van der Waals surface area contributed by atoms with Crippen molar-refractivity contribution in [2.45, 2.75) is 109 Å². The highest BCUT2D eigenvalue weighted by Crippen LogP contribution is 2.48. The van der Waals surface area contributed by atoms with Crippen LogP contribution in [0.1, 0.15) is 86.0 Å². The number of carbonyl (C=O) groups is 3. The van der Waals surface area contributed by atoms with Gasteiger partial charge in [-0.2, -0.15) is 4.98 Å². The van der Waals surface area contributed by atoms with Crippen LogP contribution in [-0.2, 0) is 31.0 Å². The van der Waals surface area contributed by atoms with Gasteiger partial charge < -0.3 is 15.4 Å². The summed E-state index contributed by atoms with van der Waals surface area (Å²) in [4.78, 5) is 44.4. The van der Waals surface area contributed by atoms with E-state index in [9.17, 15) is 22.8 Å². The monoisotopic (exact) mass is 655 g/mol. The van der Waals surface area contributed by atoms with E-state index < -0.39 is 32.8 Å². The van der Waals surface area contributed by atoms with Crippen LogP contribution in [0.3, 0.4) is 0 Å². The number of nitrogens with one attached hydrogen (secondary N) is 1. The van der Waals surface area contributed by atoms with Crippen molar-refractivity contribution in [3.8, 4) is 6.01 Å². The van der Waals surface area contributed by atoms with E-state index in [0.29, 0.717) is 57.0 Å². The van der Waals surface area contributed by atoms with Gasteiger partial charge in [0.25, 0.3) is 6.01 Å². The summed E-state index contributed by atoms with van der Waals surface area (Å²) in [5.74, 6) is -1.16. The standard InChI is InChI=1S/C34H49N5O6S/c1-6-23-19-25(23)30(41)37-46(43,44)34(16-17-34)15-11-7-8-12-18-38-27-14-10-9-13-26(27)36-32(38)45-24-20-28(29(35)40)39(21-24)31(42)22(2)33(3,4)5/h8-10,12-14,22-25,28H,6-7,11,15-21H2,1-5H3,(H2,35,40)(H,37,41). The van der Waals surface area contributed by atoms with Gasteiger partial charge in [0, 0.05) is 24.8 Å². The molecule has 11 nitrogen and oxygen atoms in total. The van der Waals surface area contributed by atoms with Crippen molar-refractivity contribution in [2.24, 2.45) is 28.9 Å². The molecule has 46 heavy (non-hydrogen) atoms. The number of carbonyl (C=O) groups excluding carboxylic acids is 3. The number of hydrogen-bond donors (Lipinski definition) is 2. The van der Waals surface area contributed by atoms with Crippen LogP contribution in [-0.4, -0.2) is 64.0 Å². The lowest BCUT2D eigenvalue weighted by Crippen LogP contribution is -2.47. The molecule has 2 aromatic rings. The number of nitrogens with two attached hydrogens (primary N) is 1. The van der Waals surface area contributed by atoms with Gasteiger partial charge >= 0.3 is 0 Å². The number of rotatable bonds is 14. The first-order valence-electron chi connectivity index (χ1n) is 16.6. The lowest BCUT2D eigenvalue weighted by Gasteiger charge is -2.32. The maximum absolute atomic E-state index is 13.3. The second-order valence-corrected chi connectivity index (χ2v) is 16.6. The van der Waals surface area contributed by atoms with Crippen molar-refractivity contribution in [3.05, 3.63) is 36.4 Å². The van der Waals surface area contributed by atoms with Gasteiger partial charge in [-0.1, -0.05) is 65.3 Å². The SMILES string of the molecule is CCC1CC1C(=O)NS(=O)(=O)C1(CCCC=CCn2c(OC3CC(C(N)=O)N(C(=O)C(C)C(C)(C)C)C3)nc3ccccc32)CC1. The normalized spacial score (nSPS) is 24.7. The number of nitrogens with zero attached hydrogens (tertiary/aromatic N) is 3. The van der Waals surface area contributed by atoms with Gasteiger partial charge in [0.15, 0.2) is 0 Å². The van der Waals surface area contributed by atoms with Gasteiger partial charge in [-0.15, -0.1) is 0 Å². The van der Waals surface area contributed by atoms with Gasteiger partial charge in [0.05, 0.1) is 22.3 Å². The molecule has 5 unspecified atom stereocenters. The number of sulfonamides is 1. The number of aromatic nitrogens is 2. The summed E-state index contributed by atoms with van der Waals surface area (Å²) in [6, 6.07) is 7.37. The van der Waals surface area contributed by atoms with Gasteiger partial charge in [-0.25, -0.2) is 8.42 Å². The van der Waals surface area contributed by atoms with Crippen LogP contribution in [0, 0.1) is 23.2 Å². The first-order chi connectivity index (χ1) is 21.7. The van der Waals surface area contributed by atoms with Crippen molar-refractivity contribution >= 4 is 38.8 Å². The van der Waals surface area contributed by atoms with Crippen LogP contribution in [0.2, 0.25) is 0 Å². The Kier molecular flexibility index (Phi) is 9.59.